The van der Waals surface area contributed by atoms with Crippen molar-refractivity contribution in [2.24, 2.45) is 5.73 Å². The Morgan fingerprint density at radius 1 is 1.43 bits per heavy atom. The molecule has 2 rings (SSSR count). The molecule has 0 amide bonds. The van der Waals surface area contributed by atoms with E-state index in [0.29, 0.717) is 6.54 Å². The standard InChI is InChI=1S/C11H17N3/c12-5-7-13-8-10-3-1-2-9-4-6-14-11(9)10/h1-3,13-14H,4-8,12H2. The van der Waals surface area contributed by atoms with Gasteiger partial charge in [-0.25, -0.2) is 0 Å². The molecule has 76 valence electrons. The van der Waals surface area contributed by atoms with Crippen LogP contribution in [0.4, 0.5) is 5.69 Å². The van der Waals surface area contributed by atoms with Crippen molar-refractivity contribution in [2.45, 2.75) is 13.0 Å². The average molecular weight is 191 g/mol. The molecule has 0 atom stereocenters. The van der Waals surface area contributed by atoms with Gasteiger partial charge in [0.05, 0.1) is 0 Å². The van der Waals surface area contributed by atoms with Crippen LogP contribution < -0.4 is 16.4 Å². The summed E-state index contributed by atoms with van der Waals surface area (Å²) in [5.74, 6) is 0. The van der Waals surface area contributed by atoms with Crippen molar-refractivity contribution in [3.05, 3.63) is 29.3 Å². The summed E-state index contributed by atoms with van der Waals surface area (Å²) in [7, 11) is 0. The lowest BCUT2D eigenvalue weighted by molar-refractivity contribution is 0.696. The third-order valence-corrected chi connectivity index (χ3v) is 2.57. The van der Waals surface area contributed by atoms with E-state index in [4.69, 9.17) is 5.73 Å². The summed E-state index contributed by atoms with van der Waals surface area (Å²) >= 11 is 0. The van der Waals surface area contributed by atoms with Crippen LogP contribution in [-0.4, -0.2) is 19.6 Å². The summed E-state index contributed by atoms with van der Waals surface area (Å²) in [6.45, 7) is 3.56. The van der Waals surface area contributed by atoms with Crippen molar-refractivity contribution in [3.63, 3.8) is 0 Å². The first kappa shape index (κ1) is 9.49. The summed E-state index contributed by atoms with van der Waals surface area (Å²) in [6.07, 6.45) is 1.15. The molecule has 4 N–H and O–H groups in total. The van der Waals surface area contributed by atoms with Crippen molar-refractivity contribution < 1.29 is 0 Å². The molecule has 0 aromatic heterocycles. The molecule has 0 spiro atoms. The van der Waals surface area contributed by atoms with Crippen LogP contribution >= 0.6 is 0 Å². The third kappa shape index (κ3) is 1.89. The van der Waals surface area contributed by atoms with Gasteiger partial charge in [-0.3, -0.25) is 0 Å². The first-order chi connectivity index (χ1) is 6.92. The molecule has 0 aliphatic carbocycles. The summed E-state index contributed by atoms with van der Waals surface area (Å²) in [4.78, 5) is 0. The van der Waals surface area contributed by atoms with Crippen LogP contribution in [0.2, 0.25) is 0 Å². The van der Waals surface area contributed by atoms with E-state index in [9.17, 15) is 0 Å². The van der Waals surface area contributed by atoms with Crippen molar-refractivity contribution in [1.82, 2.24) is 5.32 Å². The molecular formula is C11H17N3. The number of fused-ring (bicyclic) bond motifs is 1. The second-order valence-corrected chi connectivity index (χ2v) is 3.59. The van der Waals surface area contributed by atoms with Gasteiger partial charge in [-0.1, -0.05) is 18.2 Å². The normalized spacial score (nSPS) is 13.8. The zero-order valence-corrected chi connectivity index (χ0v) is 8.34. The van der Waals surface area contributed by atoms with E-state index in [1.165, 1.54) is 16.8 Å². The second kappa shape index (κ2) is 4.44. The predicted molar refractivity (Wildman–Crippen MR) is 59.4 cm³/mol. The lowest BCUT2D eigenvalue weighted by Crippen LogP contribution is -2.22. The Bertz CT molecular complexity index is 309. The number of nitrogens with two attached hydrogens (primary N) is 1. The van der Waals surface area contributed by atoms with Gasteiger partial charge >= 0.3 is 0 Å². The van der Waals surface area contributed by atoms with Gasteiger partial charge in [0.25, 0.3) is 0 Å². The van der Waals surface area contributed by atoms with E-state index in [-0.39, 0.29) is 0 Å². The zero-order valence-electron chi connectivity index (χ0n) is 8.34. The smallest absolute Gasteiger partial charge is 0.0419 e. The molecule has 14 heavy (non-hydrogen) atoms. The fourth-order valence-electron chi connectivity index (χ4n) is 1.88. The maximum absolute atomic E-state index is 5.43. The summed E-state index contributed by atoms with van der Waals surface area (Å²) in [5.41, 5.74) is 9.55. The lowest BCUT2D eigenvalue weighted by atomic mass is 10.1. The summed E-state index contributed by atoms with van der Waals surface area (Å²) < 4.78 is 0. The quantitative estimate of drug-likeness (QED) is 0.614. The van der Waals surface area contributed by atoms with Gasteiger partial charge in [0.1, 0.15) is 0 Å². The molecule has 0 saturated carbocycles. The van der Waals surface area contributed by atoms with E-state index < -0.39 is 0 Å². The first-order valence-electron chi connectivity index (χ1n) is 5.17. The molecular weight excluding hydrogens is 174 g/mol. The van der Waals surface area contributed by atoms with Crippen molar-refractivity contribution in [3.8, 4) is 0 Å². The van der Waals surface area contributed by atoms with Gasteiger partial charge in [0.15, 0.2) is 0 Å². The van der Waals surface area contributed by atoms with E-state index in [0.717, 1.165) is 26.1 Å². The Morgan fingerprint density at radius 2 is 2.36 bits per heavy atom. The highest BCUT2D eigenvalue weighted by Crippen LogP contribution is 2.25. The van der Waals surface area contributed by atoms with Crippen LogP contribution in [0.25, 0.3) is 0 Å². The third-order valence-electron chi connectivity index (χ3n) is 2.57. The number of benzene rings is 1. The molecule has 1 aromatic carbocycles. The lowest BCUT2D eigenvalue weighted by Gasteiger charge is -2.09. The SMILES string of the molecule is NCCNCc1cccc2c1NCC2. The molecule has 0 bridgehead atoms. The van der Waals surface area contributed by atoms with Crippen LogP contribution in [0.15, 0.2) is 18.2 Å². The highest BCUT2D eigenvalue weighted by atomic mass is 14.9. The van der Waals surface area contributed by atoms with Crippen LogP contribution in [0, 0.1) is 0 Å². The van der Waals surface area contributed by atoms with Gasteiger partial charge in [-0.2, -0.15) is 0 Å². The van der Waals surface area contributed by atoms with E-state index in [1.54, 1.807) is 0 Å². The molecule has 1 heterocycles. The van der Waals surface area contributed by atoms with Crippen molar-refractivity contribution in [2.75, 3.05) is 25.0 Å². The molecule has 1 aliphatic rings. The van der Waals surface area contributed by atoms with E-state index in [1.807, 2.05) is 0 Å². The van der Waals surface area contributed by atoms with Crippen LogP contribution in [0.3, 0.4) is 0 Å². The molecule has 0 unspecified atom stereocenters. The molecule has 0 fully saturated rings. The predicted octanol–water partition coefficient (Wildman–Crippen LogP) is 0.703. The number of anilines is 1. The number of nitrogens with one attached hydrogen (secondary N) is 2. The number of hydrogen-bond donors (Lipinski definition) is 3. The number of para-hydroxylation sites is 1. The Morgan fingerprint density at radius 3 is 3.21 bits per heavy atom. The largest absolute Gasteiger partial charge is 0.384 e. The van der Waals surface area contributed by atoms with E-state index >= 15 is 0 Å². The number of rotatable bonds is 4. The molecule has 1 aromatic rings. The van der Waals surface area contributed by atoms with Crippen molar-refractivity contribution >= 4 is 5.69 Å². The maximum atomic E-state index is 5.43. The highest BCUT2D eigenvalue weighted by molar-refractivity contribution is 5.61. The highest BCUT2D eigenvalue weighted by Gasteiger charge is 2.12. The van der Waals surface area contributed by atoms with Gasteiger partial charge in [0, 0.05) is 31.9 Å². The average Bonchev–Trinajstić information content (AvgIpc) is 2.67. The Kier molecular flexibility index (Phi) is 3.01. The number of hydrogen-bond acceptors (Lipinski definition) is 3. The first-order valence-corrected chi connectivity index (χ1v) is 5.17. The molecule has 1 aliphatic heterocycles. The van der Waals surface area contributed by atoms with Gasteiger partial charge < -0.3 is 16.4 Å². The minimum absolute atomic E-state index is 0.697. The van der Waals surface area contributed by atoms with Crippen LogP contribution in [-0.2, 0) is 13.0 Å². The maximum Gasteiger partial charge on any atom is 0.0419 e. The Hall–Kier alpha value is -1.06. The van der Waals surface area contributed by atoms with E-state index in [2.05, 4.69) is 28.8 Å². The summed E-state index contributed by atoms with van der Waals surface area (Å²) in [6, 6.07) is 6.49. The zero-order chi connectivity index (χ0) is 9.80. The second-order valence-electron chi connectivity index (χ2n) is 3.59. The van der Waals surface area contributed by atoms with Gasteiger partial charge in [-0.05, 0) is 17.5 Å². The molecule has 0 radical (unpaired) electrons. The minimum atomic E-state index is 0.697. The molecule has 0 saturated heterocycles. The fraction of sp³-hybridized carbons (Fsp3) is 0.455. The monoisotopic (exact) mass is 191 g/mol. The van der Waals surface area contributed by atoms with Crippen LogP contribution in [0.1, 0.15) is 11.1 Å². The minimum Gasteiger partial charge on any atom is -0.384 e. The topological polar surface area (TPSA) is 50.1 Å². The fourth-order valence-corrected chi connectivity index (χ4v) is 1.88. The Balaban J connectivity index is 2.06. The Labute approximate surface area is 84.7 Å². The summed E-state index contributed by atoms with van der Waals surface area (Å²) in [5, 5.41) is 6.74. The van der Waals surface area contributed by atoms with Crippen molar-refractivity contribution in [1.29, 1.82) is 0 Å². The molecule has 3 heteroatoms. The van der Waals surface area contributed by atoms with Gasteiger partial charge in [-0.15, -0.1) is 0 Å². The van der Waals surface area contributed by atoms with Crippen LogP contribution in [0.5, 0.6) is 0 Å². The molecule has 3 nitrogen and oxygen atoms in total. The van der Waals surface area contributed by atoms with Gasteiger partial charge in [0.2, 0.25) is 0 Å².